The van der Waals surface area contributed by atoms with E-state index in [-0.39, 0.29) is 21.8 Å². The topological polar surface area (TPSA) is 57.5 Å². The van der Waals surface area contributed by atoms with E-state index >= 15 is 0 Å². The molecule has 0 fully saturated rings. The molecule has 0 saturated heterocycles. The molecule has 0 aliphatic rings. The van der Waals surface area contributed by atoms with Crippen LogP contribution in [0.1, 0.15) is 1.43 Å². The van der Waals surface area contributed by atoms with Crippen molar-refractivity contribution in [2.45, 2.75) is 0 Å². The Kier molecular flexibility index (Phi) is 6.98. The largest absolute Gasteiger partial charge is 1.00 e. The Morgan fingerprint density at radius 3 is 1.60 bits per heavy atom. The Hall–Kier alpha value is -0.0677. The van der Waals surface area contributed by atoms with Crippen molar-refractivity contribution >= 4 is 6.16 Å². The maximum atomic E-state index is 8.56. The summed E-state index contributed by atoms with van der Waals surface area (Å²) in [6.07, 6.45) is -1.83. The fourth-order valence-corrected chi connectivity index (χ4v) is 0. The van der Waals surface area contributed by atoms with Crippen LogP contribution in [0.3, 0.4) is 0 Å². The predicted molar refractivity (Wildman–Crippen MR) is 11.8 cm³/mol. The van der Waals surface area contributed by atoms with Crippen LogP contribution in [0.15, 0.2) is 0 Å². The summed E-state index contributed by atoms with van der Waals surface area (Å²) in [6.45, 7) is 0. The van der Waals surface area contributed by atoms with E-state index in [4.69, 9.17) is 15.0 Å². The second-order valence-corrected chi connectivity index (χ2v) is 0.283. The SMILES string of the molecule is O=C(O)O.[H+].[Pd]. The summed E-state index contributed by atoms with van der Waals surface area (Å²) in [5, 5.41) is 13.9. The first-order valence-corrected chi connectivity index (χ1v) is 0.651. The van der Waals surface area contributed by atoms with E-state index in [0.717, 1.165) is 0 Å². The van der Waals surface area contributed by atoms with Gasteiger partial charge >= 0.3 is 7.58 Å². The Bertz CT molecular complexity index is 33.8. The van der Waals surface area contributed by atoms with E-state index in [1.165, 1.54) is 0 Å². The van der Waals surface area contributed by atoms with Gasteiger partial charge in [-0.05, 0) is 0 Å². The average Bonchev–Trinajstić information content (AvgIpc) is 0.811. The third-order valence-corrected chi connectivity index (χ3v) is 0. The molecule has 0 heterocycles. The smallest absolute Gasteiger partial charge is 0.450 e. The number of rotatable bonds is 0. The van der Waals surface area contributed by atoms with E-state index in [1.54, 1.807) is 0 Å². The van der Waals surface area contributed by atoms with Gasteiger partial charge in [-0.15, -0.1) is 0 Å². The summed E-state index contributed by atoms with van der Waals surface area (Å²) in [5.41, 5.74) is 0. The molecular formula is CH3O3Pd+. The third kappa shape index (κ3) is 3210. The quantitative estimate of drug-likeness (QED) is 0.514. The average molecular weight is 169 g/mol. The molecule has 0 radical (unpaired) electrons. The molecule has 0 aromatic carbocycles. The first-order valence-electron chi connectivity index (χ1n) is 0.651. The predicted octanol–water partition coefficient (Wildman–Crippen LogP) is 0.332. The molecule has 34 valence electrons. The molecule has 0 atom stereocenters. The zero-order valence-electron chi connectivity index (χ0n) is 3.12. The van der Waals surface area contributed by atoms with Gasteiger partial charge in [0.25, 0.3) is 0 Å². The number of hydrogen-bond donors (Lipinski definition) is 2. The van der Waals surface area contributed by atoms with Gasteiger partial charge in [0.15, 0.2) is 0 Å². The Balaban J connectivity index is -0.0000000450. The molecule has 0 aromatic heterocycles. The Labute approximate surface area is 43.8 Å². The van der Waals surface area contributed by atoms with Crippen molar-refractivity contribution in [3.8, 4) is 0 Å². The maximum absolute atomic E-state index is 8.56. The summed E-state index contributed by atoms with van der Waals surface area (Å²) in [6, 6.07) is 0. The van der Waals surface area contributed by atoms with Gasteiger partial charge < -0.3 is 10.2 Å². The second-order valence-electron chi connectivity index (χ2n) is 0.283. The van der Waals surface area contributed by atoms with Gasteiger partial charge in [-0.1, -0.05) is 0 Å². The summed E-state index contributed by atoms with van der Waals surface area (Å²) < 4.78 is 0. The van der Waals surface area contributed by atoms with Gasteiger partial charge in [-0.3, -0.25) is 0 Å². The van der Waals surface area contributed by atoms with E-state index in [9.17, 15) is 0 Å². The molecule has 3 nitrogen and oxygen atoms in total. The van der Waals surface area contributed by atoms with Crippen LogP contribution in [0, 0.1) is 0 Å². The molecule has 2 N–H and O–H groups in total. The molecule has 4 heteroatoms. The minimum Gasteiger partial charge on any atom is -0.450 e. The van der Waals surface area contributed by atoms with Gasteiger partial charge in [-0.2, -0.15) is 0 Å². The van der Waals surface area contributed by atoms with Crippen LogP contribution in [-0.2, 0) is 20.4 Å². The standard InChI is InChI=1S/CH2O3.Pd/c2-1(3)4;/h(H2,2,3,4);/p+1. The summed E-state index contributed by atoms with van der Waals surface area (Å²) >= 11 is 0. The second kappa shape index (κ2) is 3.93. The van der Waals surface area contributed by atoms with Crippen molar-refractivity contribution in [2.75, 3.05) is 0 Å². The van der Waals surface area contributed by atoms with Gasteiger partial charge in [0.2, 0.25) is 0 Å². The Morgan fingerprint density at radius 1 is 1.60 bits per heavy atom. The van der Waals surface area contributed by atoms with Crippen LogP contribution in [0.25, 0.3) is 0 Å². The molecule has 0 amide bonds. The van der Waals surface area contributed by atoms with Gasteiger partial charge in [0.05, 0.1) is 0 Å². The number of carbonyl (C=O) groups is 1. The molecule has 0 saturated carbocycles. The minimum atomic E-state index is -1.83. The van der Waals surface area contributed by atoms with Crippen LogP contribution < -0.4 is 0 Å². The fourth-order valence-electron chi connectivity index (χ4n) is 0. The first kappa shape index (κ1) is 8.87. The van der Waals surface area contributed by atoms with Crippen molar-refractivity contribution < 1.29 is 36.9 Å². The van der Waals surface area contributed by atoms with Crippen LogP contribution >= 0.6 is 0 Å². The molecule has 0 bridgehead atoms. The number of hydrogen-bond acceptors (Lipinski definition) is 1. The molecule has 0 aliphatic heterocycles. The molecule has 0 unspecified atom stereocenters. The van der Waals surface area contributed by atoms with Crippen LogP contribution in [0.4, 0.5) is 4.79 Å². The van der Waals surface area contributed by atoms with Crippen LogP contribution in [0.2, 0.25) is 0 Å². The molecule has 0 rings (SSSR count). The van der Waals surface area contributed by atoms with Gasteiger partial charge in [0.1, 0.15) is 0 Å². The van der Waals surface area contributed by atoms with E-state index < -0.39 is 6.16 Å². The summed E-state index contributed by atoms with van der Waals surface area (Å²) in [7, 11) is 0. The van der Waals surface area contributed by atoms with Crippen molar-refractivity contribution in [3.63, 3.8) is 0 Å². The van der Waals surface area contributed by atoms with Crippen molar-refractivity contribution in [1.82, 2.24) is 0 Å². The number of carboxylic acid groups (broad SMARTS) is 2. The van der Waals surface area contributed by atoms with Crippen LogP contribution in [0.5, 0.6) is 0 Å². The Morgan fingerprint density at radius 2 is 1.60 bits per heavy atom. The molecular weight excluding hydrogens is 166 g/mol. The van der Waals surface area contributed by atoms with E-state index in [0.29, 0.717) is 0 Å². The zero-order chi connectivity index (χ0) is 3.58. The van der Waals surface area contributed by atoms with Gasteiger partial charge in [-0.25, -0.2) is 4.79 Å². The molecule has 0 aliphatic carbocycles. The molecule has 5 heavy (non-hydrogen) atoms. The molecule has 0 spiro atoms. The van der Waals surface area contributed by atoms with E-state index in [1.807, 2.05) is 0 Å². The van der Waals surface area contributed by atoms with Gasteiger partial charge in [0, 0.05) is 20.4 Å². The third-order valence-electron chi connectivity index (χ3n) is 0. The van der Waals surface area contributed by atoms with Crippen LogP contribution in [-0.4, -0.2) is 16.4 Å². The molecule has 0 aromatic rings. The van der Waals surface area contributed by atoms with Crippen molar-refractivity contribution in [3.05, 3.63) is 0 Å². The first-order chi connectivity index (χ1) is 1.73. The van der Waals surface area contributed by atoms with Crippen molar-refractivity contribution in [2.24, 2.45) is 0 Å². The normalized spacial score (nSPS) is 4.80. The monoisotopic (exact) mass is 169 g/mol. The minimum absolute atomic E-state index is 0. The summed E-state index contributed by atoms with van der Waals surface area (Å²) in [4.78, 5) is 8.56. The zero-order valence-corrected chi connectivity index (χ0v) is 3.67. The van der Waals surface area contributed by atoms with Crippen molar-refractivity contribution in [1.29, 1.82) is 0 Å². The maximum Gasteiger partial charge on any atom is 1.00 e. The van der Waals surface area contributed by atoms with E-state index in [2.05, 4.69) is 0 Å². The summed E-state index contributed by atoms with van der Waals surface area (Å²) in [5.74, 6) is 0. The fraction of sp³-hybridized carbons (Fsp3) is 0.